The molecule has 0 unspecified atom stereocenters. The van der Waals surface area contributed by atoms with Crippen LogP contribution in [0.3, 0.4) is 0 Å². The van der Waals surface area contributed by atoms with Crippen molar-refractivity contribution >= 4 is 43.6 Å². The third-order valence-corrected chi connectivity index (χ3v) is 8.81. The molecule has 3 aromatic heterocycles. The van der Waals surface area contributed by atoms with E-state index >= 15 is 0 Å². The van der Waals surface area contributed by atoms with Crippen LogP contribution in [-0.4, -0.2) is 14.1 Å². The molecule has 6 aromatic carbocycles. The summed E-state index contributed by atoms with van der Waals surface area (Å²) in [6, 6.07) is 54.2. The van der Waals surface area contributed by atoms with E-state index in [1.807, 2.05) is 53.9 Å². The Kier molecular flexibility index (Phi) is 10.5. The number of nitrogens with zero attached hydrogens (tertiary/aromatic N) is 3. The van der Waals surface area contributed by atoms with Crippen LogP contribution in [0.1, 0.15) is 41.5 Å². The topological polar surface area (TPSA) is 22.8 Å². The number of rotatable bonds is 4. The van der Waals surface area contributed by atoms with Crippen LogP contribution < -0.4 is 0 Å². The van der Waals surface area contributed by atoms with Gasteiger partial charge in [-0.25, -0.2) is 0 Å². The van der Waals surface area contributed by atoms with E-state index in [1.54, 1.807) is 0 Å². The van der Waals surface area contributed by atoms with Gasteiger partial charge in [0.25, 0.3) is 0 Å². The van der Waals surface area contributed by atoms with Crippen LogP contribution in [0.15, 0.2) is 164 Å². The summed E-state index contributed by atoms with van der Waals surface area (Å²) in [5, 5.41) is 4.93. The zero-order valence-corrected chi connectivity index (χ0v) is 29.9. The maximum Gasteiger partial charge on any atom is 0.0730 e. The second kappa shape index (κ2) is 15.5. The Morgan fingerprint density at radius 2 is 0.840 bits per heavy atom. The molecule has 0 N–H and O–H groups in total. The average molecular weight is 652 g/mol. The predicted molar refractivity (Wildman–Crippen MR) is 218 cm³/mol. The molecule has 0 atom stereocenters. The summed E-state index contributed by atoms with van der Waals surface area (Å²) in [6.45, 7) is 12.0. The fourth-order valence-electron chi connectivity index (χ4n) is 6.84. The minimum Gasteiger partial charge on any atom is -0.309 e. The van der Waals surface area contributed by atoms with E-state index in [-0.39, 0.29) is 0 Å². The summed E-state index contributed by atoms with van der Waals surface area (Å²) in [5.74, 6) is 0. The SMILES string of the molecule is CC.CC.CC.c1ccc(-c2ccc(-n3c4ccccc4c4ccc(-c5cncc6c5c5ccccc5n6-c5ccccc5)cc43)cc2)cc1. The summed E-state index contributed by atoms with van der Waals surface area (Å²) in [4.78, 5) is 4.78. The van der Waals surface area contributed by atoms with Crippen LogP contribution in [0, 0.1) is 0 Å². The van der Waals surface area contributed by atoms with Crippen LogP contribution in [0.5, 0.6) is 0 Å². The van der Waals surface area contributed by atoms with Crippen molar-refractivity contribution in [1.29, 1.82) is 0 Å². The van der Waals surface area contributed by atoms with Gasteiger partial charge in [-0.05, 0) is 59.2 Å². The molecule has 0 aliphatic carbocycles. The van der Waals surface area contributed by atoms with E-state index < -0.39 is 0 Å². The second-order valence-corrected chi connectivity index (χ2v) is 11.3. The number of fused-ring (bicyclic) bond motifs is 6. The van der Waals surface area contributed by atoms with E-state index in [9.17, 15) is 0 Å². The Hall–Kier alpha value is -5.93. The maximum atomic E-state index is 4.78. The minimum absolute atomic E-state index is 1.10. The van der Waals surface area contributed by atoms with Crippen molar-refractivity contribution in [2.24, 2.45) is 0 Å². The lowest BCUT2D eigenvalue weighted by atomic mass is 10.00. The first-order valence-corrected chi connectivity index (χ1v) is 18.0. The Bertz CT molecular complexity index is 2470. The lowest BCUT2D eigenvalue weighted by Gasteiger charge is -2.11. The number of hydrogen-bond donors (Lipinski definition) is 0. The van der Waals surface area contributed by atoms with Gasteiger partial charge < -0.3 is 9.13 Å². The van der Waals surface area contributed by atoms with Crippen molar-refractivity contribution < 1.29 is 0 Å². The average Bonchev–Trinajstić information content (AvgIpc) is 3.74. The lowest BCUT2D eigenvalue weighted by Crippen LogP contribution is -1.95. The van der Waals surface area contributed by atoms with Crippen molar-refractivity contribution in [2.45, 2.75) is 41.5 Å². The quantitative estimate of drug-likeness (QED) is 0.186. The number of hydrogen-bond acceptors (Lipinski definition) is 1. The van der Waals surface area contributed by atoms with Crippen molar-refractivity contribution in [3.8, 4) is 33.6 Å². The molecule has 0 aliphatic heterocycles. The van der Waals surface area contributed by atoms with Gasteiger partial charge in [0.05, 0.1) is 28.3 Å². The van der Waals surface area contributed by atoms with Gasteiger partial charge in [-0.3, -0.25) is 4.98 Å². The molecule has 248 valence electrons. The normalized spacial score (nSPS) is 10.6. The molecular formula is C47H45N3. The third-order valence-electron chi connectivity index (χ3n) is 8.81. The molecule has 3 heteroatoms. The summed E-state index contributed by atoms with van der Waals surface area (Å²) in [7, 11) is 0. The molecule has 0 saturated heterocycles. The zero-order valence-electron chi connectivity index (χ0n) is 29.9. The molecule has 0 bridgehead atoms. The molecule has 0 amide bonds. The van der Waals surface area contributed by atoms with Crippen molar-refractivity contribution in [3.05, 3.63) is 164 Å². The van der Waals surface area contributed by atoms with E-state index in [0.29, 0.717) is 0 Å². The first-order valence-electron chi connectivity index (χ1n) is 18.0. The van der Waals surface area contributed by atoms with Gasteiger partial charge in [0.1, 0.15) is 0 Å². The van der Waals surface area contributed by atoms with Crippen molar-refractivity contribution in [3.63, 3.8) is 0 Å². The van der Waals surface area contributed by atoms with E-state index in [2.05, 4.69) is 161 Å². The monoisotopic (exact) mass is 651 g/mol. The van der Waals surface area contributed by atoms with E-state index in [0.717, 1.165) is 28.0 Å². The van der Waals surface area contributed by atoms with Crippen LogP contribution >= 0.6 is 0 Å². The van der Waals surface area contributed by atoms with Crippen LogP contribution in [0.2, 0.25) is 0 Å². The summed E-state index contributed by atoms with van der Waals surface area (Å²) < 4.78 is 4.72. The minimum atomic E-state index is 1.10. The van der Waals surface area contributed by atoms with E-state index in [4.69, 9.17) is 4.98 Å². The molecule has 50 heavy (non-hydrogen) atoms. The van der Waals surface area contributed by atoms with Gasteiger partial charge in [0, 0.05) is 44.7 Å². The Balaban J connectivity index is 0.000000686. The van der Waals surface area contributed by atoms with Crippen LogP contribution in [-0.2, 0) is 0 Å². The van der Waals surface area contributed by atoms with E-state index in [1.165, 1.54) is 49.2 Å². The van der Waals surface area contributed by atoms with Gasteiger partial charge in [-0.2, -0.15) is 0 Å². The predicted octanol–water partition coefficient (Wildman–Crippen LogP) is 13.7. The first-order chi connectivity index (χ1) is 24.8. The Morgan fingerprint density at radius 1 is 0.360 bits per heavy atom. The number of pyridine rings is 1. The molecule has 3 nitrogen and oxygen atoms in total. The molecule has 0 saturated carbocycles. The van der Waals surface area contributed by atoms with Gasteiger partial charge in [0.15, 0.2) is 0 Å². The highest BCUT2D eigenvalue weighted by Gasteiger charge is 2.18. The highest BCUT2D eigenvalue weighted by Crippen LogP contribution is 2.40. The molecule has 0 spiro atoms. The fourth-order valence-corrected chi connectivity index (χ4v) is 6.84. The summed E-state index contributed by atoms with van der Waals surface area (Å²) >= 11 is 0. The van der Waals surface area contributed by atoms with Crippen molar-refractivity contribution in [2.75, 3.05) is 0 Å². The molecule has 9 rings (SSSR count). The van der Waals surface area contributed by atoms with Gasteiger partial charge in [0.2, 0.25) is 0 Å². The van der Waals surface area contributed by atoms with Crippen LogP contribution in [0.4, 0.5) is 0 Å². The van der Waals surface area contributed by atoms with Crippen molar-refractivity contribution in [1.82, 2.24) is 14.1 Å². The molecular weight excluding hydrogens is 607 g/mol. The third kappa shape index (κ3) is 5.97. The molecule has 0 aliphatic rings. The molecule has 0 fully saturated rings. The number of aromatic nitrogens is 3. The fraction of sp³-hybridized carbons (Fsp3) is 0.128. The van der Waals surface area contributed by atoms with Crippen LogP contribution in [0.25, 0.3) is 77.2 Å². The lowest BCUT2D eigenvalue weighted by molar-refractivity contribution is 1.17. The smallest absolute Gasteiger partial charge is 0.0730 e. The Labute approximate surface area is 296 Å². The molecule has 3 heterocycles. The first kappa shape index (κ1) is 34.0. The standard InChI is InChI=1S/C41H27N3.3C2H6/c1-3-11-28(12-4-1)29-19-22-32(23-20-29)43-37-17-9-7-15-33(37)34-24-21-30(25-39(34)43)36-26-42-27-40-41(36)35-16-8-10-18-38(35)44(40)31-13-5-2-6-14-31;3*1-2/h1-27H;3*1-2H3. The largest absolute Gasteiger partial charge is 0.309 e. The highest BCUT2D eigenvalue weighted by molar-refractivity contribution is 6.16. The maximum absolute atomic E-state index is 4.78. The summed E-state index contributed by atoms with van der Waals surface area (Å²) in [6.07, 6.45) is 4.02. The van der Waals surface area contributed by atoms with Gasteiger partial charge in [-0.1, -0.05) is 151 Å². The zero-order chi connectivity index (χ0) is 35.0. The van der Waals surface area contributed by atoms with Gasteiger partial charge >= 0.3 is 0 Å². The second-order valence-electron chi connectivity index (χ2n) is 11.3. The Morgan fingerprint density at radius 3 is 1.52 bits per heavy atom. The molecule has 9 aromatic rings. The number of para-hydroxylation sites is 3. The highest BCUT2D eigenvalue weighted by atomic mass is 15.0. The summed E-state index contributed by atoms with van der Waals surface area (Å²) in [5.41, 5.74) is 11.6. The van der Waals surface area contributed by atoms with Gasteiger partial charge in [-0.15, -0.1) is 0 Å². The molecule has 0 radical (unpaired) electrons. The number of benzene rings is 6.